The maximum Gasteiger partial charge on any atom is 0.213 e. The van der Waals surface area contributed by atoms with E-state index < -0.39 is 20.6 Å². The molecule has 0 aliphatic rings. The number of benzene rings is 8. The highest BCUT2D eigenvalue weighted by atomic mass is 14.9. The molecule has 4 heterocycles. The predicted octanol–water partition coefficient (Wildman–Crippen LogP) is 18.5. The lowest BCUT2D eigenvalue weighted by Crippen LogP contribution is -2.31. The maximum atomic E-state index is 7.93. The van der Waals surface area contributed by atoms with Gasteiger partial charge in [-0.25, -0.2) is 18.3 Å². The number of rotatable bonds is 8. The lowest BCUT2D eigenvalue weighted by Gasteiger charge is -2.10. The monoisotopic (exact) mass is 1130 g/mol. The van der Waals surface area contributed by atoms with Crippen LogP contribution in [-0.2, 0) is 28.2 Å². The number of nitrogens with zero attached hydrogens (tertiary/aromatic N) is 4. The summed E-state index contributed by atoms with van der Waals surface area (Å²) in [6.07, 6.45) is 7.82. The van der Waals surface area contributed by atoms with Crippen molar-refractivity contribution in [2.45, 2.75) is 69.0 Å². The van der Waals surface area contributed by atoms with Crippen molar-refractivity contribution in [2.75, 3.05) is 0 Å². The van der Waals surface area contributed by atoms with Gasteiger partial charge >= 0.3 is 0 Å². The first kappa shape index (κ1) is 49.8. The van der Waals surface area contributed by atoms with Gasteiger partial charge in [-0.05, 0) is 160 Å². The van der Waals surface area contributed by atoms with Crippen LogP contribution in [0.3, 0.4) is 0 Å². The smallest absolute Gasteiger partial charge is 0.201 e. The SMILES string of the molecule is Cc1c[n+](C)c(-c2ccccc2C)cc1-c1ccccc1.Cc1ccc(-c2cc(C)c(-c3ccccc3)c[n+]2C)c(C)c1.[2H]C([2H])([2H])c1c[n+](C)c(-c2ccccc2C)cc1-c1ccccc1.[2H]C([2H])([2H])c1ccc(-c2cc(-c3ccccc3)c(C([2H])([2H])[2H])c[n+]2C)c(C)c1. The second-order valence-corrected chi connectivity index (χ2v) is 22.4. The first-order valence-electron chi connectivity index (χ1n) is 33.7. The number of aromatic nitrogens is 4. The standard InChI is InChI=1S/2C21H22N.2C20H20N/c1-15-10-11-19(16(2)12-15)21-13-20(17(3)14-22(21)4)18-8-6-5-7-9-18;1-15-10-11-19(16(2)12-15)21-13-17(3)20(14-22(21)4)18-8-6-5-7-9-18;2*1-15-9-7-8-12-18(15)20-13-19(16(2)14-21(20)3)17-10-5-4-6-11-17/h2*5-14H,1-4H3;2*4-14H,1-3H3/q4*+1/i1D3,3D3;;2D3;. The van der Waals surface area contributed by atoms with Crippen LogP contribution in [0.15, 0.2) is 255 Å². The quantitative estimate of drug-likeness (QED) is 0.135. The molecule has 0 saturated carbocycles. The van der Waals surface area contributed by atoms with Gasteiger partial charge in [0.25, 0.3) is 0 Å². The van der Waals surface area contributed by atoms with Crippen molar-refractivity contribution in [1.29, 1.82) is 0 Å². The number of hydrogen-bond donors (Lipinski definition) is 0. The Morgan fingerprint density at radius 1 is 0.221 bits per heavy atom. The minimum absolute atomic E-state index is 0.279. The van der Waals surface area contributed by atoms with Gasteiger partial charge in [-0.3, -0.25) is 0 Å². The summed E-state index contributed by atoms with van der Waals surface area (Å²) >= 11 is 0. The maximum absolute atomic E-state index is 7.93. The fourth-order valence-corrected chi connectivity index (χ4v) is 11.2. The molecule has 0 amide bonds. The summed E-state index contributed by atoms with van der Waals surface area (Å²) in [5.41, 5.74) is 26.6. The van der Waals surface area contributed by atoms with E-state index in [2.05, 4.69) is 205 Å². The van der Waals surface area contributed by atoms with Crippen LogP contribution in [0.25, 0.3) is 89.5 Å². The Kier molecular flexibility index (Phi) is 16.1. The van der Waals surface area contributed by atoms with Crippen molar-refractivity contribution in [3.8, 4) is 89.5 Å². The lowest BCUT2D eigenvalue weighted by atomic mass is 9.97. The van der Waals surface area contributed by atoms with Crippen molar-refractivity contribution in [3.63, 3.8) is 0 Å². The molecule has 4 aromatic heterocycles. The van der Waals surface area contributed by atoms with Crippen LogP contribution in [0, 0.1) is 69.0 Å². The molecule has 8 aromatic carbocycles. The van der Waals surface area contributed by atoms with E-state index in [1.807, 2.05) is 103 Å². The molecule has 0 atom stereocenters. The van der Waals surface area contributed by atoms with Gasteiger partial charge in [0.05, 0.1) is 0 Å². The van der Waals surface area contributed by atoms with E-state index in [0.29, 0.717) is 16.7 Å². The molecule has 0 aliphatic carbocycles. The molecular formula is C82H84N4+4. The number of pyridine rings is 4. The topological polar surface area (TPSA) is 15.5 Å². The highest BCUT2D eigenvalue weighted by Gasteiger charge is 2.21. The van der Waals surface area contributed by atoms with E-state index in [0.717, 1.165) is 50.3 Å². The van der Waals surface area contributed by atoms with Crippen LogP contribution in [0.1, 0.15) is 68.0 Å². The third-order valence-electron chi connectivity index (χ3n) is 15.8. The average molecular weight is 1130 g/mol. The fraction of sp³-hybridized carbons (Fsp3) is 0.171. The molecule has 4 nitrogen and oxygen atoms in total. The van der Waals surface area contributed by atoms with Gasteiger partial charge in [0, 0.05) is 81.1 Å². The van der Waals surface area contributed by atoms with Crippen molar-refractivity contribution in [1.82, 2.24) is 0 Å². The summed E-state index contributed by atoms with van der Waals surface area (Å²) in [5, 5.41) is 0. The Hall–Kier alpha value is -9.64. The van der Waals surface area contributed by atoms with Gasteiger partial charge in [0.15, 0.2) is 24.8 Å². The molecule has 12 aromatic rings. The fourth-order valence-electron chi connectivity index (χ4n) is 11.2. The van der Waals surface area contributed by atoms with Gasteiger partial charge in [-0.2, -0.15) is 0 Å². The van der Waals surface area contributed by atoms with Gasteiger partial charge in [0.1, 0.15) is 28.2 Å². The van der Waals surface area contributed by atoms with E-state index in [9.17, 15) is 0 Å². The lowest BCUT2D eigenvalue weighted by molar-refractivity contribution is -0.660. The highest BCUT2D eigenvalue weighted by Crippen LogP contribution is 2.32. The summed E-state index contributed by atoms with van der Waals surface area (Å²) in [6.45, 7) is 8.21. The molecule has 0 spiro atoms. The number of aryl methyl sites for hydroxylation is 14. The van der Waals surface area contributed by atoms with Crippen LogP contribution in [0.5, 0.6) is 0 Å². The third kappa shape index (κ3) is 14.5. The Bertz CT molecular complexity index is 4660. The van der Waals surface area contributed by atoms with Crippen LogP contribution < -0.4 is 18.3 Å². The van der Waals surface area contributed by atoms with E-state index >= 15 is 0 Å². The van der Waals surface area contributed by atoms with Crippen LogP contribution in [0.2, 0.25) is 0 Å². The van der Waals surface area contributed by atoms with Crippen molar-refractivity contribution >= 4 is 0 Å². The van der Waals surface area contributed by atoms with Gasteiger partial charge in [-0.15, -0.1) is 0 Å². The normalized spacial score (nSPS) is 12.7. The molecule has 4 heteroatoms. The van der Waals surface area contributed by atoms with Crippen LogP contribution >= 0.6 is 0 Å². The summed E-state index contributed by atoms with van der Waals surface area (Å²) in [6, 6.07) is 77.1. The highest BCUT2D eigenvalue weighted by molar-refractivity contribution is 5.76. The Labute approximate surface area is 526 Å². The molecule has 86 heavy (non-hydrogen) atoms. The molecule has 0 saturated heterocycles. The first-order chi connectivity index (χ1) is 45.1. The third-order valence-corrected chi connectivity index (χ3v) is 15.8. The second kappa shape index (κ2) is 27.8. The summed E-state index contributed by atoms with van der Waals surface area (Å²) in [5.74, 6) is 0. The zero-order chi connectivity index (χ0) is 68.5. The minimum atomic E-state index is -2.25. The summed E-state index contributed by atoms with van der Waals surface area (Å²) < 4.78 is 78.4. The number of hydrogen-bond acceptors (Lipinski definition) is 0. The average Bonchev–Trinajstić information content (AvgIpc) is 0.790. The zero-order valence-electron chi connectivity index (χ0n) is 60.5. The van der Waals surface area contributed by atoms with Crippen molar-refractivity contribution in [3.05, 3.63) is 311 Å². The predicted molar refractivity (Wildman–Crippen MR) is 361 cm³/mol. The molecule has 12 rings (SSSR count). The molecule has 0 radical (unpaired) electrons. The Balaban J connectivity index is 0.000000150. The minimum Gasteiger partial charge on any atom is -0.201 e. The van der Waals surface area contributed by atoms with E-state index in [-0.39, 0.29) is 5.56 Å². The van der Waals surface area contributed by atoms with Crippen LogP contribution in [0.4, 0.5) is 0 Å². The van der Waals surface area contributed by atoms with Crippen molar-refractivity contribution in [2.24, 2.45) is 28.2 Å². The zero-order valence-corrected chi connectivity index (χ0v) is 51.5. The molecule has 0 N–H and O–H groups in total. The van der Waals surface area contributed by atoms with E-state index in [4.69, 9.17) is 12.3 Å². The van der Waals surface area contributed by atoms with E-state index in [1.165, 1.54) is 72.6 Å². The Morgan fingerprint density at radius 2 is 0.523 bits per heavy atom. The summed E-state index contributed by atoms with van der Waals surface area (Å²) in [4.78, 5) is 0. The second-order valence-electron chi connectivity index (χ2n) is 22.4. The van der Waals surface area contributed by atoms with Crippen LogP contribution in [-0.4, -0.2) is 0 Å². The van der Waals surface area contributed by atoms with Gasteiger partial charge < -0.3 is 0 Å². The largest absolute Gasteiger partial charge is 0.213 e. The first-order valence-corrected chi connectivity index (χ1v) is 29.2. The van der Waals surface area contributed by atoms with Crippen molar-refractivity contribution < 1.29 is 30.6 Å². The molecule has 428 valence electrons. The molecule has 0 aliphatic heterocycles. The van der Waals surface area contributed by atoms with E-state index in [1.54, 1.807) is 42.2 Å². The Morgan fingerprint density at radius 3 is 0.907 bits per heavy atom. The molecule has 0 unspecified atom stereocenters. The molecular weight excluding hydrogens is 1040 g/mol. The summed E-state index contributed by atoms with van der Waals surface area (Å²) in [7, 11) is 7.94. The van der Waals surface area contributed by atoms with Gasteiger partial charge in [-0.1, -0.05) is 193 Å². The molecule has 0 bridgehead atoms. The molecule has 0 fully saturated rings. The van der Waals surface area contributed by atoms with Gasteiger partial charge in [0.2, 0.25) is 22.8 Å².